The van der Waals surface area contributed by atoms with E-state index in [1.54, 1.807) is 6.07 Å². The number of aryl methyl sites for hydroxylation is 3. The molecule has 4 aromatic rings. The lowest BCUT2D eigenvalue weighted by atomic mass is 9.96. The molecule has 2 N–H and O–H groups in total. The van der Waals surface area contributed by atoms with Gasteiger partial charge in [-0.2, -0.15) is 0 Å². The van der Waals surface area contributed by atoms with Crippen LogP contribution in [0, 0.1) is 6.92 Å². The summed E-state index contributed by atoms with van der Waals surface area (Å²) in [6, 6.07) is 27.0. The van der Waals surface area contributed by atoms with E-state index in [4.69, 9.17) is 0 Å². The first-order valence-corrected chi connectivity index (χ1v) is 13.9. The summed E-state index contributed by atoms with van der Waals surface area (Å²) in [5, 5.41) is 12.5. The summed E-state index contributed by atoms with van der Waals surface area (Å²) in [5.74, 6) is -1.33. The Bertz CT molecular complexity index is 1510. The topological polar surface area (TPSA) is 88.4 Å². The number of ketones is 1. The second kappa shape index (κ2) is 11.7. The molecular formula is C34H34N2O4. The molecule has 1 heterocycles. The Morgan fingerprint density at radius 1 is 0.850 bits per heavy atom. The van der Waals surface area contributed by atoms with Gasteiger partial charge in [0.2, 0.25) is 5.78 Å². The van der Waals surface area contributed by atoms with Gasteiger partial charge in [0.15, 0.2) is 0 Å². The zero-order valence-electron chi connectivity index (χ0n) is 22.7. The van der Waals surface area contributed by atoms with Gasteiger partial charge >= 0.3 is 5.97 Å². The van der Waals surface area contributed by atoms with Gasteiger partial charge in [0.05, 0.1) is 5.69 Å². The summed E-state index contributed by atoms with van der Waals surface area (Å²) in [4.78, 5) is 38.3. The molecule has 0 unspecified atom stereocenters. The standard InChI is InChI=1S/C34H34N2O4/c1-24-14-16-27(17-15-24)31(37)30-22-29(26-11-3-2-4-12-26)23-36(30)20-8-10-25-9-7-13-28(21-25)32(38)35-34(33(39)40)18-5-6-19-34/h2-4,7,9,11-17,21-23H,5-6,8,10,18-20H2,1H3,(H,35,38)(H,39,40). The molecule has 204 valence electrons. The van der Waals surface area contributed by atoms with Crippen LogP contribution >= 0.6 is 0 Å². The first kappa shape index (κ1) is 27.1. The molecule has 6 heteroatoms. The first-order valence-electron chi connectivity index (χ1n) is 13.9. The normalized spacial score (nSPS) is 14.1. The number of hydrogen-bond acceptors (Lipinski definition) is 3. The van der Waals surface area contributed by atoms with Gasteiger partial charge in [-0.3, -0.25) is 9.59 Å². The Labute approximate surface area is 234 Å². The molecule has 1 aliphatic rings. The number of amides is 1. The third-order valence-corrected chi connectivity index (χ3v) is 7.82. The molecule has 1 amide bonds. The molecule has 1 fully saturated rings. The van der Waals surface area contributed by atoms with Crippen LogP contribution in [0.15, 0.2) is 91.1 Å². The van der Waals surface area contributed by atoms with Gasteiger partial charge in [-0.1, -0.05) is 85.1 Å². The van der Waals surface area contributed by atoms with E-state index in [0.717, 1.165) is 41.5 Å². The molecule has 0 atom stereocenters. The lowest BCUT2D eigenvalue weighted by Gasteiger charge is -2.25. The average molecular weight is 535 g/mol. The van der Waals surface area contributed by atoms with E-state index in [-0.39, 0.29) is 11.7 Å². The summed E-state index contributed by atoms with van der Waals surface area (Å²) >= 11 is 0. The van der Waals surface area contributed by atoms with Crippen LogP contribution in [-0.4, -0.2) is 32.9 Å². The molecule has 0 radical (unpaired) electrons. The molecule has 40 heavy (non-hydrogen) atoms. The second-order valence-electron chi connectivity index (χ2n) is 10.7. The fraction of sp³-hybridized carbons (Fsp3) is 0.265. The quantitative estimate of drug-likeness (QED) is 0.229. The summed E-state index contributed by atoms with van der Waals surface area (Å²) in [6.45, 7) is 2.64. The van der Waals surface area contributed by atoms with Gasteiger partial charge < -0.3 is 15.0 Å². The van der Waals surface area contributed by atoms with E-state index in [0.29, 0.717) is 42.6 Å². The van der Waals surface area contributed by atoms with Crippen LogP contribution in [-0.2, 0) is 17.8 Å². The molecule has 0 saturated heterocycles. The third kappa shape index (κ3) is 5.91. The number of hydrogen-bond donors (Lipinski definition) is 2. The fourth-order valence-electron chi connectivity index (χ4n) is 5.51. The summed E-state index contributed by atoms with van der Waals surface area (Å²) in [5.41, 5.74) is 4.75. The fourth-order valence-corrected chi connectivity index (χ4v) is 5.51. The number of carboxylic acid groups (broad SMARTS) is 1. The lowest BCUT2D eigenvalue weighted by molar-refractivity contribution is -0.144. The van der Waals surface area contributed by atoms with E-state index in [2.05, 4.69) is 5.32 Å². The number of aromatic nitrogens is 1. The van der Waals surface area contributed by atoms with Crippen LogP contribution in [0.4, 0.5) is 0 Å². The number of carbonyl (C=O) groups excluding carboxylic acids is 2. The van der Waals surface area contributed by atoms with Crippen molar-refractivity contribution < 1.29 is 19.5 Å². The molecule has 6 nitrogen and oxygen atoms in total. The third-order valence-electron chi connectivity index (χ3n) is 7.82. The monoisotopic (exact) mass is 534 g/mol. The van der Waals surface area contributed by atoms with Crippen molar-refractivity contribution in [1.29, 1.82) is 0 Å². The van der Waals surface area contributed by atoms with Crippen molar-refractivity contribution in [3.05, 3.63) is 119 Å². The van der Waals surface area contributed by atoms with E-state index in [9.17, 15) is 19.5 Å². The van der Waals surface area contributed by atoms with E-state index in [1.807, 2.05) is 96.6 Å². The van der Waals surface area contributed by atoms with Crippen LogP contribution in [0.3, 0.4) is 0 Å². The SMILES string of the molecule is Cc1ccc(C(=O)c2cc(-c3ccccc3)cn2CCCc2cccc(C(=O)NC3(C(=O)O)CCCC3)c2)cc1. The average Bonchev–Trinajstić information content (AvgIpc) is 3.62. The summed E-state index contributed by atoms with van der Waals surface area (Å²) < 4.78 is 2.03. The van der Waals surface area contributed by atoms with Crippen LogP contribution < -0.4 is 5.32 Å². The van der Waals surface area contributed by atoms with E-state index in [1.165, 1.54) is 0 Å². The smallest absolute Gasteiger partial charge is 0.329 e. The molecule has 0 bridgehead atoms. The highest BCUT2D eigenvalue weighted by molar-refractivity contribution is 6.08. The highest BCUT2D eigenvalue weighted by Crippen LogP contribution is 2.30. The Morgan fingerprint density at radius 3 is 2.27 bits per heavy atom. The van der Waals surface area contributed by atoms with Crippen molar-refractivity contribution in [2.24, 2.45) is 0 Å². The molecule has 1 aromatic heterocycles. The summed E-state index contributed by atoms with van der Waals surface area (Å²) in [6.07, 6.45) is 6.02. The van der Waals surface area contributed by atoms with Crippen molar-refractivity contribution >= 4 is 17.7 Å². The zero-order chi connectivity index (χ0) is 28.1. The molecule has 1 saturated carbocycles. The minimum absolute atomic E-state index is 0.0138. The van der Waals surface area contributed by atoms with Gasteiger partial charge in [-0.25, -0.2) is 4.79 Å². The largest absolute Gasteiger partial charge is 0.480 e. The maximum absolute atomic E-state index is 13.5. The number of nitrogens with one attached hydrogen (secondary N) is 1. The van der Waals surface area contributed by atoms with E-state index < -0.39 is 11.5 Å². The van der Waals surface area contributed by atoms with Crippen molar-refractivity contribution in [3.63, 3.8) is 0 Å². The van der Waals surface area contributed by atoms with Crippen LogP contribution in [0.1, 0.15) is 69.6 Å². The molecule has 0 spiro atoms. The van der Waals surface area contributed by atoms with Gasteiger partial charge in [-0.05, 0) is 61.9 Å². The number of aliphatic carboxylic acids is 1. The summed E-state index contributed by atoms with van der Waals surface area (Å²) in [7, 11) is 0. The molecule has 1 aliphatic carbocycles. The maximum atomic E-state index is 13.5. The van der Waals surface area contributed by atoms with Crippen LogP contribution in [0.5, 0.6) is 0 Å². The highest BCUT2D eigenvalue weighted by Gasteiger charge is 2.42. The molecule has 5 rings (SSSR count). The second-order valence-corrected chi connectivity index (χ2v) is 10.7. The van der Waals surface area contributed by atoms with Crippen molar-refractivity contribution in [2.75, 3.05) is 0 Å². The molecular weight excluding hydrogens is 500 g/mol. The number of nitrogens with zero attached hydrogens (tertiary/aromatic N) is 1. The van der Waals surface area contributed by atoms with Crippen molar-refractivity contribution in [3.8, 4) is 11.1 Å². The minimum atomic E-state index is -1.17. The lowest BCUT2D eigenvalue weighted by Crippen LogP contribution is -2.52. The van der Waals surface area contributed by atoms with Crippen LogP contribution in [0.25, 0.3) is 11.1 Å². The molecule has 0 aliphatic heterocycles. The van der Waals surface area contributed by atoms with Crippen LogP contribution in [0.2, 0.25) is 0 Å². The van der Waals surface area contributed by atoms with E-state index >= 15 is 0 Å². The minimum Gasteiger partial charge on any atom is -0.480 e. The number of carbonyl (C=O) groups is 3. The number of benzene rings is 3. The highest BCUT2D eigenvalue weighted by atomic mass is 16.4. The van der Waals surface area contributed by atoms with Gasteiger partial charge in [0, 0.05) is 29.4 Å². The van der Waals surface area contributed by atoms with Gasteiger partial charge in [0.25, 0.3) is 5.91 Å². The Balaban J connectivity index is 1.31. The Hall–Kier alpha value is -4.45. The predicted molar refractivity (Wildman–Crippen MR) is 156 cm³/mol. The van der Waals surface area contributed by atoms with Crippen molar-refractivity contribution in [1.82, 2.24) is 9.88 Å². The number of carboxylic acids is 1. The first-order chi connectivity index (χ1) is 19.3. The Morgan fingerprint density at radius 2 is 1.57 bits per heavy atom. The Kier molecular flexibility index (Phi) is 7.96. The van der Waals surface area contributed by atoms with Crippen molar-refractivity contribution in [2.45, 2.75) is 57.5 Å². The zero-order valence-corrected chi connectivity index (χ0v) is 22.7. The predicted octanol–water partition coefficient (Wildman–Crippen LogP) is 6.45. The van der Waals surface area contributed by atoms with Gasteiger partial charge in [-0.15, -0.1) is 0 Å². The number of rotatable bonds is 10. The van der Waals surface area contributed by atoms with Gasteiger partial charge in [0.1, 0.15) is 5.54 Å². The molecule has 3 aromatic carbocycles. The maximum Gasteiger partial charge on any atom is 0.329 e.